The van der Waals surface area contributed by atoms with Crippen molar-refractivity contribution in [1.82, 2.24) is 4.90 Å². The van der Waals surface area contributed by atoms with Crippen LogP contribution in [0.2, 0.25) is 10.0 Å². The third-order valence-electron chi connectivity index (χ3n) is 9.19. The number of halogens is 7. The highest BCUT2D eigenvalue weighted by Gasteiger charge is 2.38. The lowest BCUT2D eigenvalue weighted by molar-refractivity contribution is -0.614. The number of piperidine rings is 3. The number of carbonyl (C=O) groups excluding carboxylic acids is 2. The van der Waals surface area contributed by atoms with Crippen LogP contribution in [-0.4, -0.2) is 55.9 Å². The Balaban J connectivity index is 1.24. The zero-order valence-corrected chi connectivity index (χ0v) is 29.7. The fraction of sp³-hybridized carbons (Fsp3) is 0.324. The van der Waals surface area contributed by atoms with Gasteiger partial charge in [0.2, 0.25) is 5.69 Å². The van der Waals surface area contributed by atoms with E-state index in [0.29, 0.717) is 16.8 Å². The van der Waals surface area contributed by atoms with E-state index in [2.05, 4.69) is 14.4 Å². The number of alkyl halides is 4. The lowest BCUT2D eigenvalue weighted by Gasteiger charge is -2.44. The number of rotatable bonds is 13. The molecule has 0 unspecified atom stereocenters. The van der Waals surface area contributed by atoms with Gasteiger partial charge in [0.25, 0.3) is 0 Å². The number of pyridine rings is 1. The molecule has 0 saturated carbocycles. The SMILES string of the molecule is O=C(O[C@H](Cc1c(Cl)cc(Cl)c[n+]1[O-])c1ccc(OC(F)F)c(OC(F)F)c1)c1ccc(CN(C(=O)O[C@H]2CN3CCC2CC3)c2ccccc2F)cc1. The molecule has 0 radical (unpaired) electrons. The molecule has 2 atom stereocenters. The first-order chi connectivity index (χ1) is 25.8. The highest BCUT2D eigenvalue weighted by molar-refractivity contribution is 6.34. The molecule has 7 rings (SSSR count). The second kappa shape index (κ2) is 17.1. The third kappa shape index (κ3) is 9.43. The standard InChI is InChI=1S/C37H32Cl2F5N3O7/c38-25-16-26(39)29(47(50)19-25)17-31(24-9-10-30(52-35(41)42)32(15-24)53-36(43)44)51-34(48)23-7-5-21(6-8-23)18-46(28-4-2-1-3-27(28)40)37(49)54-33-20-45-13-11-22(33)12-14-45/h1-10,15-16,19,22,31,33,35-36H,11-14,17-18,20H2/t31-,33+/m1/s1. The number of carbonyl (C=O) groups is 2. The van der Waals surface area contributed by atoms with Crippen LogP contribution in [0.5, 0.6) is 11.5 Å². The Morgan fingerprint density at radius 3 is 2.24 bits per heavy atom. The average Bonchev–Trinajstić information content (AvgIpc) is 3.13. The lowest BCUT2D eigenvalue weighted by Crippen LogP contribution is -2.53. The van der Waals surface area contributed by atoms with Gasteiger partial charge in [0.1, 0.15) is 28.1 Å². The number of amides is 1. The smallest absolute Gasteiger partial charge is 0.415 e. The van der Waals surface area contributed by atoms with E-state index in [1.807, 2.05) is 0 Å². The van der Waals surface area contributed by atoms with E-state index in [4.69, 9.17) is 32.7 Å². The molecule has 1 amide bonds. The number of benzene rings is 3. The predicted molar refractivity (Wildman–Crippen MR) is 185 cm³/mol. The van der Waals surface area contributed by atoms with Crippen molar-refractivity contribution in [3.8, 4) is 11.5 Å². The maximum atomic E-state index is 15.0. The van der Waals surface area contributed by atoms with Crippen molar-refractivity contribution in [2.24, 2.45) is 5.92 Å². The van der Waals surface area contributed by atoms with Crippen molar-refractivity contribution in [3.05, 3.63) is 122 Å². The van der Waals surface area contributed by atoms with Crippen LogP contribution < -0.4 is 19.1 Å². The van der Waals surface area contributed by atoms with E-state index < -0.39 is 55.1 Å². The largest absolute Gasteiger partial charge is 0.618 e. The van der Waals surface area contributed by atoms with Crippen molar-refractivity contribution in [2.45, 2.75) is 51.2 Å². The van der Waals surface area contributed by atoms with Crippen LogP contribution in [0.4, 0.5) is 32.4 Å². The minimum absolute atomic E-state index is 0.00467. The van der Waals surface area contributed by atoms with E-state index in [1.165, 1.54) is 59.5 Å². The molecule has 0 N–H and O–H groups in total. The van der Waals surface area contributed by atoms with Gasteiger partial charge in [0.05, 0.1) is 24.2 Å². The highest BCUT2D eigenvalue weighted by atomic mass is 35.5. The number of fused-ring (bicyclic) bond motifs is 3. The van der Waals surface area contributed by atoms with Crippen LogP contribution in [0, 0.1) is 16.9 Å². The van der Waals surface area contributed by atoms with Gasteiger partial charge in [-0.2, -0.15) is 22.3 Å². The molecule has 4 heterocycles. The number of nitrogens with zero attached hydrogens (tertiary/aromatic N) is 3. The number of aromatic nitrogens is 1. The first-order valence-corrected chi connectivity index (χ1v) is 17.5. The topological polar surface area (TPSA) is 104 Å². The first kappa shape index (κ1) is 38.9. The fourth-order valence-electron chi connectivity index (χ4n) is 6.52. The molecule has 1 aromatic heterocycles. The van der Waals surface area contributed by atoms with Gasteiger partial charge in [0.15, 0.2) is 17.7 Å². The average molecular weight is 797 g/mol. The molecule has 0 spiro atoms. The summed E-state index contributed by atoms with van der Waals surface area (Å²) in [4.78, 5) is 30.5. The minimum atomic E-state index is -3.43. The number of hydrogen-bond acceptors (Lipinski definition) is 8. The Morgan fingerprint density at radius 2 is 1.61 bits per heavy atom. The summed E-state index contributed by atoms with van der Waals surface area (Å²) < 4.78 is 88.1. The van der Waals surface area contributed by atoms with E-state index in [1.54, 1.807) is 6.07 Å². The normalized spacial score (nSPS) is 18.4. The minimum Gasteiger partial charge on any atom is -0.618 e. The molecule has 17 heteroatoms. The molecular weight excluding hydrogens is 764 g/mol. The van der Waals surface area contributed by atoms with Crippen LogP contribution >= 0.6 is 23.2 Å². The van der Waals surface area contributed by atoms with Gasteiger partial charge >= 0.3 is 25.3 Å². The summed E-state index contributed by atoms with van der Waals surface area (Å²) >= 11 is 12.2. The van der Waals surface area contributed by atoms with Crippen molar-refractivity contribution in [2.75, 3.05) is 24.5 Å². The maximum Gasteiger partial charge on any atom is 0.415 e. The van der Waals surface area contributed by atoms with Crippen LogP contribution in [0.25, 0.3) is 0 Å². The number of ether oxygens (including phenoxy) is 4. The van der Waals surface area contributed by atoms with E-state index in [9.17, 15) is 32.4 Å². The van der Waals surface area contributed by atoms with Gasteiger partial charge in [-0.15, -0.1) is 0 Å². The lowest BCUT2D eigenvalue weighted by atomic mass is 9.86. The number of para-hydroxylation sites is 1. The molecule has 10 nitrogen and oxygen atoms in total. The molecule has 2 bridgehead atoms. The molecule has 0 aliphatic carbocycles. The number of hydrogen-bond donors (Lipinski definition) is 0. The molecule has 54 heavy (non-hydrogen) atoms. The van der Waals surface area contributed by atoms with E-state index in [-0.39, 0.29) is 51.1 Å². The van der Waals surface area contributed by atoms with Crippen molar-refractivity contribution in [1.29, 1.82) is 0 Å². The molecule has 3 fully saturated rings. The summed E-state index contributed by atoms with van der Waals surface area (Å²) in [5, 5.41) is 12.6. The second-order valence-corrected chi connectivity index (χ2v) is 13.5. The van der Waals surface area contributed by atoms with Crippen LogP contribution in [0.15, 0.2) is 79.0 Å². The van der Waals surface area contributed by atoms with Crippen molar-refractivity contribution < 1.29 is 55.2 Å². The molecule has 3 aliphatic heterocycles. The van der Waals surface area contributed by atoms with Crippen LogP contribution in [-0.2, 0) is 22.4 Å². The van der Waals surface area contributed by atoms with E-state index >= 15 is 4.39 Å². The van der Waals surface area contributed by atoms with Crippen LogP contribution in [0.3, 0.4) is 0 Å². The molecule has 3 aliphatic rings. The van der Waals surface area contributed by atoms with E-state index in [0.717, 1.165) is 44.3 Å². The second-order valence-electron chi connectivity index (χ2n) is 12.6. The first-order valence-electron chi connectivity index (χ1n) is 16.7. The summed E-state index contributed by atoms with van der Waals surface area (Å²) in [5.74, 6) is -2.85. The predicted octanol–water partition coefficient (Wildman–Crippen LogP) is 8.35. The summed E-state index contributed by atoms with van der Waals surface area (Å²) in [6, 6.07) is 15.9. The molecule has 3 aromatic carbocycles. The Hall–Kier alpha value is -4.86. The molecule has 286 valence electrons. The van der Waals surface area contributed by atoms with Gasteiger partial charge in [0, 0.05) is 6.54 Å². The molecular formula is C37H32Cl2F5N3O7. The maximum absolute atomic E-state index is 15.0. The summed E-state index contributed by atoms with van der Waals surface area (Å²) in [6.07, 6.45) is -0.0550. The Labute approximate surface area is 316 Å². The zero-order valence-electron chi connectivity index (χ0n) is 28.2. The van der Waals surface area contributed by atoms with Crippen molar-refractivity contribution in [3.63, 3.8) is 0 Å². The van der Waals surface area contributed by atoms with Crippen molar-refractivity contribution >= 4 is 41.0 Å². The Bertz CT molecular complexity index is 1950. The number of esters is 1. The summed E-state index contributed by atoms with van der Waals surface area (Å²) in [5.41, 5.74) is 0.352. The van der Waals surface area contributed by atoms with Gasteiger partial charge in [-0.3, -0.25) is 9.80 Å². The van der Waals surface area contributed by atoms with Gasteiger partial charge in [-0.1, -0.05) is 53.5 Å². The summed E-state index contributed by atoms with van der Waals surface area (Å²) in [7, 11) is 0. The zero-order chi connectivity index (χ0) is 38.5. The van der Waals surface area contributed by atoms with Crippen LogP contribution in [0.1, 0.15) is 46.1 Å². The van der Waals surface area contributed by atoms with Gasteiger partial charge in [-0.25, -0.2) is 14.0 Å². The fourth-order valence-corrected chi connectivity index (χ4v) is 7.05. The van der Waals surface area contributed by atoms with Gasteiger partial charge < -0.3 is 24.2 Å². The monoisotopic (exact) mass is 795 g/mol. The Morgan fingerprint density at radius 1 is 0.926 bits per heavy atom. The summed E-state index contributed by atoms with van der Waals surface area (Å²) in [6.45, 7) is -4.42. The quantitative estimate of drug-likeness (QED) is 0.0576. The third-order valence-corrected chi connectivity index (χ3v) is 9.72. The van der Waals surface area contributed by atoms with Gasteiger partial charge in [-0.05, 0) is 85.4 Å². The number of anilines is 1. The highest BCUT2D eigenvalue weighted by Crippen LogP contribution is 2.36. The molecule has 3 saturated heterocycles. The Kier molecular flexibility index (Phi) is 12.3. The molecule has 4 aromatic rings.